The third kappa shape index (κ3) is 8.41. The molecule has 1 aliphatic rings. The number of benzene rings is 3. The molecule has 6 nitrogen and oxygen atoms in total. The number of hydrogen-bond acceptors (Lipinski definition) is 4. The van der Waals surface area contributed by atoms with Crippen molar-refractivity contribution in [2.24, 2.45) is 5.92 Å². The quantitative estimate of drug-likeness (QED) is 0.202. The number of rotatable bonds is 11. The third-order valence-electron chi connectivity index (χ3n) is 7.83. The molecule has 0 radical (unpaired) electrons. The smallest absolute Gasteiger partial charge is 0.322 e. The number of ether oxygens (including phenoxy) is 1. The Morgan fingerprint density at radius 2 is 1.49 bits per heavy atom. The Morgan fingerprint density at radius 1 is 0.829 bits per heavy atom. The molecule has 212 valence electrons. The average Bonchev–Trinajstić information content (AvgIpc) is 3.03. The van der Waals surface area contributed by atoms with Crippen molar-refractivity contribution in [3.8, 4) is 16.9 Å². The van der Waals surface area contributed by atoms with Gasteiger partial charge in [-0.15, -0.1) is 0 Å². The topological polar surface area (TPSA) is 66.5 Å². The fourth-order valence-electron chi connectivity index (χ4n) is 5.44. The molecule has 5 rings (SSSR count). The van der Waals surface area contributed by atoms with E-state index >= 15 is 0 Å². The summed E-state index contributed by atoms with van der Waals surface area (Å²) < 4.78 is 5.23. The Kier molecular flexibility index (Phi) is 10.0. The van der Waals surface area contributed by atoms with Gasteiger partial charge in [-0.25, -0.2) is 4.79 Å². The minimum absolute atomic E-state index is 0.171. The summed E-state index contributed by atoms with van der Waals surface area (Å²) in [5, 5.41) is 6.67. The highest BCUT2D eigenvalue weighted by Crippen LogP contribution is 2.24. The van der Waals surface area contributed by atoms with Gasteiger partial charge >= 0.3 is 6.03 Å². The van der Waals surface area contributed by atoms with E-state index in [1.54, 1.807) is 24.4 Å². The third-order valence-corrected chi connectivity index (χ3v) is 7.83. The second-order valence-electron chi connectivity index (χ2n) is 10.9. The second kappa shape index (κ2) is 14.5. The van der Waals surface area contributed by atoms with Gasteiger partial charge in [-0.2, -0.15) is 0 Å². The fourth-order valence-corrected chi connectivity index (χ4v) is 5.44. The van der Waals surface area contributed by atoms with Crippen molar-refractivity contribution < 1.29 is 9.53 Å². The number of nitrogens with zero attached hydrogens (tertiary/aromatic N) is 2. The number of carbonyl (C=O) groups excluding carboxylic acids is 1. The van der Waals surface area contributed by atoms with Gasteiger partial charge in [0.1, 0.15) is 5.75 Å². The van der Waals surface area contributed by atoms with Crippen molar-refractivity contribution in [2.45, 2.75) is 51.7 Å². The largest absolute Gasteiger partial charge is 0.497 e. The van der Waals surface area contributed by atoms with Crippen molar-refractivity contribution >= 4 is 11.7 Å². The Morgan fingerprint density at radius 3 is 2.12 bits per heavy atom. The lowest BCUT2D eigenvalue weighted by Crippen LogP contribution is -2.34. The predicted molar refractivity (Wildman–Crippen MR) is 166 cm³/mol. The van der Waals surface area contributed by atoms with E-state index in [9.17, 15) is 4.79 Å². The SMILES string of the molecule is COc1ccc(NC(=O)N(Cc2ccc(-c3ccc(CNCC4CCCCC4)cc3)cc2)Cc2cccnc2)cc1. The van der Waals surface area contributed by atoms with Gasteiger partial charge in [0.05, 0.1) is 7.11 Å². The molecule has 0 spiro atoms. The molecule has 41 heavy (non-hydrogen) atoms. The molecule has 0 aliphatic heterocycles. The fraction of sp³-hybridized carbons (Fsp3) is 0.314. The molecule has 0 atom stereocenters. The van der Waals surface area contributed by atoms with Crippen LogP contribution >= 0.6 is 0 Å². The molecule has 0 bridgehead atoms. The van der Waals surface area contributed by atoms with Gasteiger partial charge in [0, 0.05) is 37.7 Å². The molecule has 3 aromatic carbocycles. The van der Waals surface area contributed by atoms with E-state index < -0.39 is 0 Å². The molecule has 6 heteroatoms. The summed E-state index contributed by atoms with van der Waals surface area (Å²) in [5.74, 6) is 1.59. The van der Waals surface area contributed by atoms with Gasteiger partial charge in [-0.1, -0.05) is 73.9 Å². The van der Waals surface area contributed by atoms with Gasteiger partial charge in [-0.3, -0.25) is 4.98 Å². The van der Waals surface area contributed by atoms with Gasteiger partial charge in [0.15, 0.2) is 0 Å². The summed E-state index contributed by atoms with van der Waals surface area (Å²) >= 11 is 0. The molecular weight excluding hydrogens is 508 g/mol. The Bertz CT molecular complexity index is 1350. The summed E-state index contributed by atoms with van der Waals surface area (Å²) in [4.78, 5) is 19.3. The van der Waals surface area contributed by atoms with Crippen molar-refractivity contribution in [3.63, 3.8) is 0 Å². The number of urea groups is 1. The number of carbonyl (C=O) groups is 1. The van der Waals surface area contributed by atoms with Crippen molar-refractivity contribution in [1.82, 2.24) is 15.2 Å². The maximum atomic E-state index is 13.3. The molecule has 1 aromatic heterocycles. The van der Waals surface area contributed by atoms with Crippen LogP contribution in [-0.4, -0.2) is 29.6 Å². The first kappa shape index (κ1) is 28.4. The van der Waals surface area contributed by atoms with E-state index in [4.69, 9.17) is 4.74 Å². The zero-order valence-corrected chi connectivity index (χ0v) is 23.9. The van der Waals surface area contributed by atoms with Crippen LogP contribution in [0, 0.1) is 5.92 Å². The van der Waals surface area contributed by atoms with E-state index in [1.807, 2.05) is 36.4 Å². The number of amides is 2. The monoisotopic (exact) mass is 548 g/mol. The van der Waals surface area contributed by atoms with E-state index in [0.29, 0.717) is 13.1 Å². The van der Waals surface area contributed by atoms with Crippen molar-refractivity contribution in [1.29, 1.82) is 0 Å². The van der Waals surface area contributed by atoms with Crippen LogP contribution in [0.1, 0.15) is 48.8 Å². The van der Waals surface area contributed by atoms with Crippen LogP contribution in [0.3, 0.4) is 0 Å². The molecular formula is C35H40N4O2. The Hall–Kier alpha value is -4.16. The van der Waals surface area contributed by atoms with Crippen molar-refractivity contribution in [3.05, 3.63) is 114 Å². The number of hydrogen-bond donors (Lipinski definition) is 2. The average molecular weight is 549 g/mol. The number of nitrogens with one attached hydrogen (secondary N) is 2. The number of pyridine rings is 1. The Balaban J connectivity index is 1.20. The zero-order chi connectivity index (χ0) is 28.3. The minimum atomic E-state index is -0.171. The van der Waals surface area contributed by atoms with Crippen LogP contribution < -0.4 is 15.4 Å². The first-order chi connectivity index (χ1) is 20.2. The van der Waals surface area contributed by atoms with Gasteiger partial charge in [0.25, 0.3) is 0 Å². The van der Waals surface area contributed by atoms with Crippen molar-refractivity contribution in [2.75, 3.05) is 19.0 Å². The summed E-state index contributed by atoms with van der Waals surface area (Å²) in [6.45, 7) is 2.97. The summed E-state index contributed by atoms with van der Waals surface area (Å²) in [7, 11) is 1.63. The first-order valence-corrected chi connectivity index (χ1v) is 14.6. The van der Waals surface area contributed by atoms with Crippen LogP contribution in [0.15, 0.2) is 97.3 Å². The van der Waals surface area contributed by atoms with E-state index in [2.05, 4.69) is 64.1 Å². The molecule has 1 heterocycles. The second-order valence-corrected chi connectivity index (χ2v) is 10.9. The molecule has 1 fully saturated rings. The molecule has 1 saturated carbocycles. The minimum Gasteiger partial charge on any atom is -0.497 e. The highest BCUT2D eigenvalue weighted by molar-refractivity contribution is 5.89. The lowest BCUT2D eigenvalue weighted by molar-refractivity contribution is 0.206. The number of anilines is 1. The first-order valence-electron chi connectivity index (χ1n) is 14.6. The lowest BCUT2D eigenvalue weighted by Gasteiger charge is -2.23. The molecule has 2 amide bonds. The number of aromatic nitrogens is 1. The molecule has 0 saturated heterocycles. The maximum absolute atomic E-state index is 13.3. The highest BCUT2D eigenvalue weighted by atomic mass is 16.5. The molecule has 0 unspecified atom stereocenters. The molecule has 4 aromatic rings. The summed E-state index contributed by atoms with van der Waals surface area (Å²) in [6.07, 6.45) is 10.5. The zero-order valence-electron chi connectivity index (χ0n) is 23.9. The maximum Gasteiger partial charge on any atom is 0.322 e. The van der Waals surface area contributed by atoms with Crippen LogP contribution in [0.2, 0.25) is 0 Å². The predicted octanol–water partition coefficient (Wildman–Crippen LogP) is 7.66. The summed E-state index contributed by atoms with van der Waals surface area (Å²) in [6, 6.07) is 28.4. The van der Waals surface area contributed by atoms with Gasteiger partial charge in [0.2, 0.25) is 0 Å². The molecule has 2 N–H and O–H groups in total. The van der Waals surface area contributed by atoms with Crippen LogP contribution in [0.5, 0.6) is 5.75 Å². The standard InChI is InChI=1S/C35H40N4O2/c1-41-34-19-17-33(18-20-34)38-35(40)39(26-30-8-5-21-36-24-30)25-29-11-15-32(16-12-29)31-13-9-28(10-14-31)23-37-22-27-6-3-2-4-7-27/h5,8-21,24,27,37H,2-4,6-7,22-23,25-26H2,1H3,(H,38,40). The Labute approximate surface area is 243 Å². The van der Waals surface area contributed by atoms with Gasteiger partial charge < -0.3 is 20.3 Å². The normalized spacial score (nSPS) is 13.5. The van der Waals surface area contributed by atoms with E-state index in [0.717, 1.165) is 47.1 Å². The summed E-state index contributed by atoms with van der Waals surface area (Å²) in [5.41, 5.74) is 6.42. The van der Waals surface area contributed by atoms with E-state index in [-0.39, 0.29) is 6.03 Å². The van der Waals surface area contributed by atoms with Gasteiger partial charge in [-0.05, 0) is 83.5 Å². The van der Waals surface area contributed by atoms with Crippen LogP contribution in [0.4, 0.5) is 10.5 Å². The number of methoxy groups -OCH3 is 1. The van der Waals surface area contributed by atoms with Crippen LogP contribution in [0.25, 0.3) is 11.1 Å². The lowest BCUT2D eigenvalue weighted by atomic mass is 9.89. The van der Waals surface area contributed by atoms with E-state index in [1.165, 1.54) is 43.2 Å². The highest BCUT2D eigenvalue weighted by Gasteiger charge is 2.16. The molecule has 1 aliphatic carbocycles. The van der Waals surface area contributed by atoms with Crippen LogP contribution in [-0.2, 0) is 19.6 Å².